The normalized spacial score (nSPS) is 12.9. The van der Waals surface area contributed by atoms with E-state index in [1.54, 1.807) is 30.3 Å². The van der Waals surface area contributed by atoms with Gasteiger partial charge in [-0.15, -0.1) is 10.2 Å². The fourth-order valence-electron chi connectivity index (χ4n) is 4.32. The van der Waals surface area contributed by atoms with Crippen LogP contribution in [0, 0.1) is 10.1 Å². The number of hydrogen-bond donors (Lipinski definition) is 2. The number of carbonyl (C=O) groups excluding carboxylic acids is 1. The summed E-state index contributed by atoms with van der Waals surface area (Å²) in [6.07, 6.45) is 1.98. The van der Waals surface area contributed by atoms with Gasteiger partial charge < -0.3 is 15.0 Å². The summed E-state index contributed by atoms with van der Waals surface area (Å²) in [7, 11) is 0. The maximum atomic E-state index is 12.8. The second kappa shape index (κ2) is 10.8. The highest BCUT2D eigenvalue weighted by molar-refractivity contribution is 7.80. The van der Waals surface area contributed by atoms with Crippen molar-refractivity contribution < 1.29 is 14.5 Å². The molecule has 12 heteroatoms. The van der Waals surface area contributed by atoms with Crippen molar-refractivity contribution in [3.05, 3.63) is 76.3 Å². The van der Waals surface area contributed by atoms with E-state index in [9.17, 15) is 14.9 Å². The summed E-state index contributed by atoms with van der Waals surface area (Å²) in [4.78, 5) is 27.5. The third-order valence-electron chi connectivity index (χ3n) is 6.12. The lowest BCUT2D eigenvalue weighted by Gasteiger charge is -2.18. The van der Waals surface area contributed by atoms with E-state index in [0.29, 0.717) is 29.0 Å². The van der Waals surface area contributed by atoms with Gasteiger partial charge in [0.15, 0.2) is 5.11 Å². The quantitative estimate of drug-likeness (QED) is 0.202. The molecule has 1 amide bonds. The van der Waals surface area contributed by atoms with Gasteiger partial charge >= 0.3 is 0 Å². The van der Waals surface area contributed by atoms with Crippen LogP contribution in [0.5, 0.6) is 5.75 Å². The molecule has 0 spiro atoms. The highest BCUT2D eigenvalue weighted by Crippen LogP contribution is 2.31. The van der Waals surface area contributed by atoms with Crippen LogP contribution in [0.4, 0.5) is 17.1 Å². The van der Waals surface area contributed by atoms with Crippen LogP contribution in [0.15, 0.2) is 60.7 Å². The number of ether oxygens (including phenoxy) is 1. The molecule has 3 aromatic carbocycles. The van der Waals surface area contributed by atoms with Gasteiger partial charge in [0.05, 0.1) is 17.2 Å². The average Bonchev–Trinajstić information content (AvgIpc) is 3.59. The van der Waals surface area contributed by atoms with Crippen molar-refractivity contribution in [3.63, 3.8) is 0 Å². The molecule has 11 nitrogen and oxygen atoms in total. The number of fused-ring (bicyclic) bond motifs is 1. The first-order valence-electron chi connectivity index (χ1n) is 12.2. The van der Waals surface area contributed by atoms with Crippen molar-refractivity contribution in [1.82, 2.24) is 20.3 Å². The first-order valence-corrected chi connectivity index (χ1v) is 12.6. The predicted molar refractivity (Wildman–Crippen MR) is 148 cm³/mol. The molecule has 0 aliphatic carbocycles. The van der Waals surface area contributed by atoms with E-state index >= 15 is 0 Å². The van der Waals surface area contributed by atoms with Crippen LogP contribution in [0.25, 0.3) is 16.7 Å². The van der Waals surface area contributed by atoms with Crippen LogP contribution in [0.1, 0.15) is 30.1 Å². The van der Waals surface area contributed by atoms with Gasteiger partial charge in [-0.2, -0.15) is 4.80 Å². The number of nitrogens with one attached hydrogen (secondary N) is 2. The largest absolute Gasteiger partial charge is 0.494 e. The molecule has 0 saturated carbocycles. The fraction of sp³-hybridized carbons (Fsp3) is 0.231. The van der Waals surface area contributed by atoms with Crippen molar-refractivity contribution in [2.24, 2.45) is 0 Å². The minimum absolute atomic E-state index is 0.0551. The van der Waals surface area contributed by atoms with E-state index in [0.717, 1.165) is 37.4 Å². The lowest BCUT2D eigenvalue weighted by molar-refractivity contribution is -0.384. The molecule has 0 unspecified atom stereocenters. The zero-order valence-electron chi connectivity index (χ0n) is 20.6. The molecule has 0 atom stereocenters. The van der Waals surface area contributed by atoms with Crippen molar-refractivity contribution in [3.8, 4) is 11.4 Å². The molecule has 0 radical (unpaired) electrons. The predicted octanol–water partition coefficient (Wildman–Crippen LogP) is 4.45. The fourth-order valence-corrected chi connectivity index (χ4v) is 4.53. The lowest BCUT2D eigenvalue weighted by atomic mass is 10.1. The number of nitro benzene ring substituents is 1. The molecule has 2 heterocycles. The highest BCUT2D eigenvalue weighted by atomic mass is 32.1. The zero-order chi connectivity index (χ0) is 26.6. The topological polar surface area (TPSA) is 127 Å². The number of benzene rings is 3. The molecule has 1 aliphatic heterocycles. The van der Waals surface area contributed by atoms with Crippen LogP contribution >= 0.6 is 12.2 Å². The van der Waals surface area contributed by atoms with Gasteiger partial charge in [0.1, 0.15) is 22.5 Å². The summed E-state index contributed by atoms with van der Waals surface area (Å²) in [5.74, 6) is 0.230. The molecule has 194 valence electrons. The number of aromatic nitrogens is 3. The Balaban J connectivity index is 1.26. The Hall–Kier alpha value is -4.58. The Morgan fingerprint density at radius 1 is 1.05 bits per heavy atom. The van der Waals surface area contributed by atoms with E-state index < -0.39 is 10.8 Å². The first kappa shape index (κ1) is 25.1. The number of nitrogens with zero attached hydrogens (tertiary/aromatic N) is 5. The van der Waals surface area contributed by atoms with Crippen molar-refractivity contribution >= 4 is 51.3 Å². The number of carbonyl (C=O) groups is 1. The summed E-state index contributed by atoms with van der Waals surface area (Å²) >= 11 is 5.31. The summed E-state index contributed by atoms with van der Waals surface area (Å²) in [6.45, 7) is 4.04. The smallest absolute Gasteiger partial charge is 0.293 e. The number of amides is 1. The Labute approximate surface area is 223 Å². The number of rotatable bonds is 7. The lowest BCUT2D eigenvalue weighted by Crippen LogP contribution is -2.34. The van der Waals surface area contributed by atoms with Crippen molar-refractivity contribution in [1.29, 1.82) is 0 Å². The standard InChI is InChI=1S/C26H25N7O4S/c1-2-37-20-9-7-19(8-10-20)32-29-21-11-6-18(16-22(21)30-32)27-26(38)28-25(34)17-5-12-23(24(15-17)33(35)36)31-13-3-4-14-31/h5-12,15-16H,2-4,13-14H2,1H3,(H2,27,28,34,38). The number of hydrogen-bond acceptors (Lipinski definition) is 8. The van der Waals surface area contributed by atoms with E-state index in [2.05, 4.69) is 20.8 Å². The molecule has 2 N–H and O–H groups in total. The number of anilines is 2. The molecule has 1 aromatic heterocycles. The Morgan fingerprint density at radius 3 is 2.50 bits per heavy atom. The molecule has 0 bridgehead atoms. The molecule has 1 aliphatic rings. The SMILES string of the molecule is CCOc1ccc(-n2nc3ccc(NC(=S)NC(=O)c4ccc(N5CCCC5)c([N+](=O)[O-])c4)cc3n2)cc1. The van der Waals surface area contributed by atoms with E-state index in [1.165, 1.54) is 10.9 Å². The summed E-state index contributed by atoms with van der Waals surface area (Å²) in [5, 5.41) is 26.3. The number of nitro groups is 1. The minimum Gasteiger partial charge on any atom is -0.494 e. The first-order chi connectivity index (χ1) is 18.4. The summed E-state index contributed by atoms with van der Waals surface area (Å²) in [5.41, 5.74) is 3.29. The van der Waals surface area contributed by atoms with Gasteiger partial charge in [0, 0.05) is 30.4 Å². The Morgan fingerprint density at radius 2 is 1.79 bits per heavy atom. The van der Waals surface area contributed by atoms with E-state index in [-0.39, 0.29) is 16.4 Å². The van der Waals surface area contributed by atoms with Gasteiger partial charge in [-0.25, -0.2) is 0 Å². The molecule has 38 heavy (non-hydrogen) atoms. The van der Waals surface area contributed by atoms with Crippen LogP contribution in [-0.2, 0) is 0 Å². The highest BCUT2D eigenvalue weighted by Gasteiger charge is 2.24. The summed E-state index contributed by atoms with van der Waals surface area (Å²) < 4.78 is 5.47. The zero-order valence-corrected chi connectivity index (χ0v) is 21.4. The Kier molecular flexibility index (Phi) is 7.13. The number of thiocarbonyl (C=S) groups is 1. The van der Waals surface area contributed by atoms with Crippen LogP contribution in [0.2, 0.25) is 0 Å². The summed E-state index contributed by atoms with van der Waals surface area (Å²) in [6, 6.07) is 17.3. The molecular weight excluding hydrogens is 506 g/mol. The maximum Gasteiger partial charge on any atom is 0.293 e. The molecule has 4 aromatic rings. The molecule has 5 rings (SSSR count). The van der Waals surface area contributed by atoms with Gasteiger partial charge in [-0.3, -0.25) is 20.2 Å². The minimum atomic E-state index is -0.541. The van der Waals surface area contributed by atoms with Gasteiger partial charge in [-0.05, 0) is 86.6 Å². The second-order valence-corrected chi connectivity index (χ2v) is 9.09. The van der Waals surface area contributed by atoms with E-state index in [4.69, 9.17) is 17.0 Å². The maximum absolute atomic E-state index is 12.8. The Bertz CT molecular complexity index is 1510. The second-order valence-electron chi connectivity index (χ2n) is 8.68. The third kappa shape index (κ3) is 5.39. The van der Waals surface area contributed by atoms with Crippen LogP contribution in [0.3, 0.4) is 0 Å². The van der Waals surface area contributed by atoms with Gasteiger partial charge in [-0.1, -0.05) is 0 Å². The van der Waals surface area contributed by atoms with Crippen LogP contribution in [-0.4, -0.2) is 50.6 Å². The van der Waals surface area contributed by atoms with E-state index in [1.807, 2.05) is 36.1 Å². The molecular formula is C26H25N7O4S. The van der Waals surface area contributed by atoms with Gasteiger partial charge in [0.2, 0.25) is 0 Å². The average molecular weight is 532 g/mol. The van der Waals surface area contributed by atoms with Gasteiger partial charge in [0.25, 0.3) is 11.6 Å². The molecule has 1 fully saturated rings. The molecule has 1 saturated heterocycles. The van der Waals surface area contributed by atoms with Crippen LogP contribution < -0.4 is 20.3 Å². The van der Waals surface area contributed by atoms with Crippen molar-refractivity contribution in [2.45, 2.75) is 19.8 Å². The monoisotopic (exact) mass is 531 g/mol. The third-order valence-corrected chi connectivity index (χ3v) is 6.33. The van der Waals surface area contributed by atoms with Crippen molar-refractivity contribution in [2.75, 3.05) is 29.9 Å².